The molecule has 5 heteroatoms. The van der Waals surface area contributed by atoms with Gasteiger partial charge in [-0.1, -0.05) is 13.8 Å². The van der Waals surface area contributed by atoms with Crippen LogP contribution in [0.4, 0.5) is 5.69 Å². The lowest BCUT2D eigenvalue weighted by molar-refractivity contribution is -0.119. The Labute approximate surface area is 131 Å². The summed E-state index contributed by atoms with van der Waals surface area (Å²) in [7, 11) is 0. The van der Waals surface area contributed by atoms with Gasteiger partial charge < -0.3 is 15.8 Å². The van der Waals surface area contributed by atoms with Crippen molar-refractivity contribution in [2.24, 2.45) is 11.7 Å². The first-order valence-electron chi connectivity index (χ1n) is 7.23. The molecule has 0 saturated carbocycles. The molecule has 3 N–H and O–H groups in total. The Kier molecular flexibility index (Phi) is 3.98. The van der Waals surface area contributed by atoms with E-state index in [4.69, 9.17) is 10.5 Å². The molecule has 1 amide bonds. The highest BCUT2D eigenvalue weighted by molar-refractivity contribution is 5.97. The number of nitrogens with one attached hydrogen (secondary N) is 1. The Hall–Kier alpha value is -1.26. The van der Waals surface area contributed by atoms with E-state index >= 15 is 0 Å². The van der Waals surface area contributed by atoms with Crippen LogP contribution in [0.25, 0.3) is 0 Å². The largest absolute Gasteiger partial charge is 0.485 e. The maximum atomic E-state index is 11.9. The SMILES string of the molecule is Cc1cc2c(c3c1NC(=O)C(C)C3)OC(C)(CN)C2C.Cl. The van der Waals surface area contributed by atoms with E-state index in [-0.39, 0.29) is 35.8 Å². The molecular formula is C16H23ClN2O2. The van der Waals surface area contributed by atoms with E-state index in [1.54, 1.807) is 0 Å². The minimum absolute atomic E-state index is 0. The number of carbonyl (C=O) groups is 1. The number of amides is 1. The average molecular weight is 311 g/mol. The number of fused-ring (bicyclic) bond motifs is 3. The van der Waals surface area contributed by atoms with Gasteiger partial charge in [0.05, 0.1) is 5.69 Å². The third kappa shape index (κ3) is 2.21. The summed E-state index contributed by atoms with van der Waals surface area (Å²) in [6.07, 6.45) is 0.735. The number of nitrogens with two attached hydrogens (primary N) is 1. The summed E-state index contributed by atoms with van der Waals surface area (Å²) < 4.78 is 6.22. The van der Waals surface area contributed by atoms with Crippen LogP contribution in [0.5, 0.6) is 5.75 Å². The minimum atomic E-state index is -0.353. The van der Waals surface area contributed by atoms with Gasteiger partial charge in [0.25, 0.3) is 0 Å². The number of hydrogen-bond donors (Lipinski definition) is 2. The third-order valence-electron chi connectivity index (χ3n) is 4.93. The lowest BCUT2D eigenvalue weighted by Crippen LogP contribution is -2.41. The summed E-state index contributed by atoms with van der Waals surface area (Å²) in [5.41, 5.74) is 9.95. The van der Waals surface area contributed by atoms with E-state index in [1.165, 1.54) is 5.56 Å². The van der Waals surface area contributed by atoms with Gasteiger partial charge in [-0.15, -0.1) is 12.4 Å². The fourth-order valence-corrected chi connectivity index (χ4v) is 3.22. The van der Waals surface area contributed by atoms with Crippen LogP contribution in [0.15, 0.2) is 6.07 Å². The van der Waals surface area contributed by atoms with Crippen molar-refractivity contribution in [3.05, 3.63) is 22.8 Å². The van der Waals surface area contributed by atoms with E-state index in [9.17, 15) is 4.79 Å². The van der Waals surface area contributed by atoms with Gasteiger partial charge in [-0.3, -0.25) is 4.79 Å². The monoisotopic (exact) mass is 310 g/mol. The Morgan fingerprint density at radius 1 is 1.48 bits per heavy atom. The molecule has 0 radical (unpaired) electrons. The second-order valence-electron chi connectivity index (χ2n) is 6.40. The zero-order chi connectivity index (χ0) is 14.7. The summed E-state index contributed by atoms with van der Waals surface area (Å²) in [4.78, 5) is 11.9. The fourth-order valence-electron chi connectivity index (χ4n) is 3.22. The normalized spacial score (nSPS) is 29.9. The first-order chi connectivity index (χ1) is 9.37. The van der Waals surface area contributed by atoms with E-state index in [0.717, 1.165) is 29.0 Å². The van der Waals surface area contributed by atoms with Crippen molar-refractivity contribution in [1.82, 2.24) is 0 Å². The van der Waals surface area contributed by atoms with Crippen LogP contribution in [0.3, 0.4) is 0 Å². The first-order valence-corrected chi connectivity index (χ1v) is 7.23. The van der Waals surface area contributed by atoms with Crippen LogP contribution in [-0.4, -0.2) is 18.1 Å². The van der Waals surface area contributed by atoms with Crippen molar-refractivity contribution in [1.29, 1.82) is 0 Å². The number of hydrogen-bond acceptors (Lipinski definition) is 3. The first kappa shape index (κ1) is 16.1. The molecule has 4 nitrogen and oxygen atoms in total. The van der Waals surface area contributed by atoms with Crippen LogP contribution in [0.2, 0.25) is 0 Å². The van der Waals surface area contributed by atoms with Crippen LogP contribution in [0.1, 0.15) is 43.4 Å². The van der Waals surface area contributed by atoms with Gasteiger partial charge in [-0.2, -0.15) is 0 Å². The molecule has 3 unspecified atom stereocenters. The lowest BCUT2D eigenvalue weighted by atomic mass is 9.84. The number of halogens is 1. The Morgan fingerprint density at radius 3 is 2.76 bits per heavy atom. The molecule has 2 aliphatic rings. The average Bonchev–Trinajstić information content (AvgIpc) is 2.67. The zero-order valence-electron chi connectivity index (χ0n) is 12.9. The third-order valence-corrected chi connectivity index (χ3v) is 4.93. The smallest absolute Gasteiger partial charge is 0.227 e. The van der Waals surface area contributed by atoms with E-state index < -0.39 is 0 Å². The molecule has 21 heavy (non-hydrogen) atoms. The van der Waals surface area contributed by atoms with Crippen LogP contribution < -0.4 is 15.8 Å². The fraction of sp³-hybridized carbons (Fsp3) is 0.562. The van der Waals surface area contributed by atoms with Gasteiger partial charge in [-0.25, -0.2) is 0 Å². The molecule has 2 aliphatic heterocycles. The van der Waals surface area contributed by atoms with Gasteiger partial charge in [0.15, 0.2) is 0 Å². The number of aryl methyl sites for hydroxylation is 1. The highest BCUT2D eigenvalue weighted by Crippen LogP contribution is 2.50. The number of anilines is 1. The highest BCUT2D eigenvalue weighted by atomic mass is 35.5. The van der Waals surface area contributed by atoms with Gasteiger partial charge in [0.2, 0.25) is 5.91 Å². The Balaban J connectivity index is 0.00000161. The molecule has 1 aromatic rings. The van der Waals surface area contributed by atoms with Gasteiger partial charge >= 0.3 is 0 Å². The van der Waals surface area contributed by atoms with Crippen molar-refractivity contribution in [3.63, 3.8) is 0 Å². The van der Waals surface area contributed by atoms with Crippen molar-refractivity contribution in [3.8, 4) is 5.75 Å². The summed E-state index contributed by atoms with van der Waals surface area (Å²) in [5.74, 6) is 1.28. The molecule has 0 saturated heterocycles. The summed E-state index contributed by atoms with van der Waals surface area (Å²) in [6.45, 7) is 8.70. The van der Waals surface area contributed by atoms with E-state index in [2.05, 4.69) is 25.2 Å². The van der Waals surface area contributed by atoms with Crippen molar-refractivity contribution < 1.29 is 9.53 Å². The molecule has 1 aromatic carbocycles. The summed E-state index contributed by atoms with van der Waals surface area (Å²) in [5, 5.41) is 3.02. The molecule has 0 bridgehead atoms. The summed E-state index contributed by atoms with van der Waals surface area (Å²) >= 11 is 0. The number of ether oxygens (including phenoxy) is 1. The lowest BCUT2D eigenvalue weighted by Gasteiger charge is -2.28. The van der Waals surface area contributed by atoms with Crippen LogP contribution >= 0.6 is 12.4 Å². The van der Waals surface area contributed by atoms with Crippen LogP contribution in [-0.2, 0) is 11.2 Å². The van der Waals surface area contributed by atoms with Crippen molar-refractivity contribution >= 4 is 24.0 Å². The molecular weight excluding hydrogens is 288 g/mol. The Morgan fingerprint density at radius 2 is 2.14 bits per heavy atom. The molecule has 0 fully saturated rings. The number of carbonyl (C=O) groups excluding carboxylic acids is 1. The predicted octanol–water partition coefficient (Wildman–Crippen LogP) is 2.76. The molecule has 116 valence electrons. The maximum absolute atomic E-state index is 11.9. The minimum Gasteiger partial charge on any atom is -0.485 e. The summed E-state index contributed by atoms with van der Waals surface area (Å²) in [6, 6.07) is 2.13. The molecule has 0 aromatic heterocycles. The van der Waals surface area contributed by atoms with E-state index in [0.29, 0.717) is 6.54 Å². The second-order valence-corrected chi connectivity index (χ2v) is 6.40. The molecule has 3 rings (SSSR count). The number of benzene rings is 1. The topological polar surface area (TPSA) is 64.3 Å². The quantitative estimate of drug-likeness (QED) is 0.838. The van der Waals surface area contributed by atoms with Gasteiger partial charge in [0.1, 0.15) is 11.4 Å². The molecule has 3 atom stereocenters. The standard InChI is InChI=1S/C16H22N2O2.ClH/c1-8-5-11-10(3)16(4,7-17)20-14(11)12-6-9(2)15(19)18-13(8)12;/h5,9-10H,6-7,17H2,1-4H3,(H,18,19);1H. The molecule has 0 spiro atoms. The van der Waals surface area contributed by atoms with Gasteiger partial charge in [-0.05, 0) is 31.9 Å². The molecule has 0 aliphatic carbocycles. The van der Waals surface area contributed by atoms with Crippen molar-refractivity contribution in [2.45, 2.75) is 45.6 Å². The van der Waals surface area contributed by atoms with Gasteiger partial charge in [0, 0.05) is 29.5 Å². The van der Waals surface area contributed by atoms with Crippen molar-refractivity contribution in [2.75, 3.05) is 11.9 Å². The zero-order valence-corrected chi connectivity index (χ0v) is 13.8. The predicted molar refractivity (Wildman–Crippen MR) is 86.4 cm³/mol. The molecule has 2 heterocycles. The number of rotatable bonds is 1. The van der Waals surface area contributed by atoms with E-state index in [1.807, 2.05) is 13.8 Å². The highest BCUT2D eigenvalue weighted by Gasteiger charge is 2.44. The maximum Gasteiger partial charge on any atom is 0.227 e. The Bertz CT molecular complexity index is 602. The second kappa shape index (κ2) is 5.18. The van der Waals surface area contributed by atoms with Crippen LogP contribution in [0, 0.1) is 12.8 Å².